The number of ether oxygens (including phenoxy) is 1. The molecule has 1 heterocycles. The van der Waals surface area contributed by atoms with Gasteiger partial charge >= 0.3 is 0 Å². The van der Waals surface area contributed by atoms with Crippen LogP contribution >= 0.6 is 11.6 Å². The fourth-order valence-electron chi connectivity index (χ4n) is 2.98. The van der Waals surface area contributed by atoms with Gasteiger partial charge in [0.15, 0.2) is 0 Å². The average Bonchev–Trinajstić information content (AvgIpc) is 2.69. The standard InChI is InChI=1S/C21H22ClN3O3/c1-28-19-11-10-15(13-17(19)22)24-20(26)9-3-2-6-12-25-14-23-18-8-5-4-7-16(18)21(25)27/h4-5,7-8,10-11,13-14H,2-3,6,9,12H2,1H3,(H,24,26). The van der Waals surface area contributed by atoms with Crippen molar-refractivity contribution < 1.29 is 9.53 Å². The molecule has 0 aliphatic carbocycles. The number of anilines is 1. The minimum absolute atomic E-state index is 0.0280. The van der Waals surface area contributed by atoms with Gasteiger partial charge in [0.05, 0.1) is 29.4 Å². The third-order valence-corrected chi connectivity index (χ3v) is 4.77. The lowest BCUT2D eigenvalue weighted by Gasteiger charge is -2.08. The van der Waals surface area contributed by atoms with Crippen LogP contribution in [-0.4, -0.2) is 22.6 Å². The monoisotopic (exact) mass is 399 g/mol. The Hall–Kier alpha value is -2.86. The lowest BCUT2D eigenvalue weighted by atomic mass is 10.2. The maximum absolute atomic E-state index is 12.4. The summed E-state index contributed by atoms with van der Waals surface area (Å²) in [5.74, 6) is 0.504. The van der Waals surface area contributed by atoms with E-state index in [-0.39, 0.29) is 11.5 Å². The topological polar surface area (TPSA) is 73.2 Å². The smallest absolute Gasteiger partial charge is 0.261 e. The molecule has 28 heavy (non-hydrogen) atoms. The second-order valence-electron chi connectivity index (χ2n) is 6.47. The first-order valence-corrected chi connectivity index (χ1v) is 9.54. The van der Waals surface area contributed by atoms with Crippen LogP contribution in [0, 0.1) is 0 Å². The molecule has 146 valence electrons. The zero-order chi connectivity index (χ0) is 19.9. The van der Waals surface area contributed by atoms with Crippen molar-refractivity contribution in [2.45, 2.75) is 32.2 Å². The zero-order valence-corrected chi connectivity index (χ0v) is 16.4. The van der Waals surface area contributed by atoms with Crippen molar-refractivity contribution in [2.75, 3.05) is 12.4 Å². The van der Waals surface area contributed by atoms with E-state index in [1.165, 1.54) is 0 Å². The molecule has 2 aromatic carbocycles. The van der Waals surface area contributed by atoms with Gasteiger partial charge in [-0.2, -0.15) is 0 Å². The number of nitrogens with one attached hydrogen (secondary N) is 1. The minimum atomic E-state index is -0.0641. The summed E-state index contributed by atoms with van der Waals surface area (Å²) in [5.41, 5.74) is 1.32. The summed E-state index contributed by atoms with van der Waals surface area (Å²) in [7, 11) is 1.54. The Morgan fingerprint density at radius 2 is 2.00 bits per heavy atom. The number of nitrogens with zero attached hydrogens (tertiary/aromatic N) is 2. The minimum Gasteiger partial charge on any atom is -0.495 e. The second kappa shape index (κ2) is 9.37. The summed E-state index contributed by atoms with van der Waals surface area (Å²) in [6.45, 7) is 0.590. The molecule has 3 aromatic rings. The molecule has 7 heteroatoms. The number of carbonyl (C=O) groups is 1. The third kappa shape index (κ3) is 4.89. The van der Waals surface area contributed by atoms with Gasteiger partial charge in [-0.15, -0.1) is 0 Å². The molecule has 0 radical (unpaired) electrons. The van der Waals surface area contributed by atoms with Crippen molar-refractivity contribution in [1.82, 2.24) is 9.55 Å². The fourth-order valence-corrected chi connectivity index (χ4v) is 3.24. The van der Waals surface area contributed by atoms with Gasteiger partial charge in [0, 0.05) is 18.7 Å². The highest BCUT2D eigenvalue weighted by Crippen LogP contribution is 2.27. The highest BCUT2D eigenvalue weighted by Gasteiger charge is 2.07. The average molecular weight is 400 g/mol. The van der Waals surface area contributed by atoms with Crippen molar-refractivity contribution >= 4 is 34.1 Å². The highest BCUT2D eigenvalue weighted by atomic mass is 35.5. The van der Waals surface area contributed by atoms with Crippen LogP contribution in [0.15, 0.2) is 53.6 Å². The number of hydrogen-bond acceptors (Lipinski definition) is 4. The number of amides is 1. The van der Waals surface area contributed by atoms with Crippen molar-refractivity contribution in [3.63, 3.8) is 0 Å². The van der Waals surface area contributed by atoms with Crippen molar-refractivity contribution in [3.8, 4) is 5.75 Å². The maximum Gasteiger partial charge on any atom is 0.261 e. The third-order valence-electron chi connectivity index (χ3n) is 4.47. The van der Waals surface area contributed by atoms with Crippen LogP contribution < -0.4 is 15.6 Å². The zero-order valence-electron chi connectivity index (χ0n) is 15.7. The predicted octanol–water partition coefficient (Wildman–Crippen LogP) is 4.26. The molecule has 0 saturated heterocycles. The number of aromatic nitrogens is 2. The summed E-state index contributed by atoms with van der Waals surface area (Å²) in [4.78, 5) is 28.8. The van der Waals surface area contributed by atoms with Gasteiger partial charge in [0.2, 0.25) is 5.91 Å². The maximum atomic E-state index is 12.4. The van der Waals surface area contributed by atoms with Crippen LogP contribution in [0.25, 0.3) is 10.9 Å². The first-order valence-electron chi connectivity index (χ1n) is 9.16. The molecule has 0 fully saturated rings. The van der Waals surface area contributed by atoms with Crippen LogP contribution in [0.1, 0.15) is 25.7 Å². The molecule has 1 aromatic heterocycles. The fraction of sp³-hybridized carbons (Fsp3) is 0.286. The van der Waals surface area contributed by atoms with Gasteiger partial charge < -0.3 is 10.1 Å². The Morgan fingerprint density at radius 1 is 1.18 bits per heavy atom. The first-order chi connectivity index (χ1) is 13.6. The van der Waals surface area contributed by atoms with Gasteiger partial charge in [-0.05, 0) is 43.2 Å². The molecule has 0 bridgehead atoms. The normalized spacial score (nSPS) is 10.8. The number of benzene rings is 2. The predicted molar refractivity (Wildman–Crippen MR) is 111 cm³/mol. The first kappa shape index (κ1) is 19.9. The van der Waals surface area contributed by atoms with E-state index >= 15 is 0 Å². The van der Waals surface area contributed by atoms with Gasteiger partial charge in [0.25, 0.3) is 5.56 Å². The van der Waals surface area contributed by atoms with Crippen LogP contribution in [0.3, 0.4) is 0 Å². The number of rotatable bonds is 8. The number of unbranched alkanes of at least 4 members (excludes halogenated alkanes) is 2. The van der Waals surface area contributed by atoms with E-state index in [4.69, 9.17) is 16.3 Å². The summed E-state index contributed by atoms with van der Waals surface area (Å²) >= 11 is 6.06. The number of hydrogen-bond donors (Lipinski definition) is 1. The van der Waals surface area contributed by atoms with Crippen LogP contribution in [0.5, 0.6) is 5.75 Å². The summed E-state index contributed by atoms with van der Waals surface area (Å²) in [6.07, 6.45) is 4.39. The van der Waals surface area contributed by atoms with E-state index < -0.39 is 0 Å². The highest BCUT2D eigenvalue weighted by molar-refractivity contribution is 6.32. The lowest BCUT2D eigenvalue weighted by Crippen LogP contribution is -2.20. The summed E-state index contributed by atoms with van der Waals surface area (Å²) in [6, 6.07) is 12.5. The lowest BCUT2D eigenvalue weighted by molar-refractivity contribution is -0.116. The Bertz CT molecular complexity index is 1030. The van der Waals surface area contributed by atoms with Crippen molar-refractivity contribution in [1.29, 1.82) is 0 Å². The molecular formula is C21H22ClN3O3. The second-order valence-corrected chi connectivity index (χ2v) is 6.88. The molecule has 0 spiro atoms. The quantitative estimate of drug-likeness (QED) is 0.574. The van der Waals surface area contributed by atoms with E-state index in [0.29, 0.717) is 40.3 Å². The molecule has 3 rings (SSSR count). The van der Waals surface area contributed by atoms with Gasteiger partial charge in [-0.1, -0.05) is 30.2 Å². The SMILES string of the molecule is COc1ccc(NC(=O)CCCCCn2cnc3ccccc3c2=O)cc1Cl. The number of methoxy groups -OCH3 is 1. The van der Waals surface area contributed by atoms with Gasteiger partial charge in [-0.3, -0.25) is 14.2 Å². The van der Waals surface area contributed by atoms with E-state index in [0.717, 1.165) is 19.3 Å². The van der Waals surface area contributed by atoms with E-state index in [1.807, 2.05) is 18.2 Å². The molecule has 0 aliphatic rings. The number of halogens is 1. The van der Waals surface area contributed by atoms with Crippen molar-refractivity contribution in [3.05, 3.63) is 64.2 Å². The molecule has 0 atom stereocenters. The number of carbonyl (C=O) groups excluding carboxylic acids is 1. The summed E-state index contributed by atoms with van der Waals surface area (Å²) < 4.78 is 6.72. The molecule has 6 nitrogen and oxygen atoms in total. The number of para-hydroxylation sites is 1. The van der Waals surface area contributed by atoms with E-state index in [2.05, 4.69) is 10.3 Å². The van der Waals surface area contributed by atoms with Crippen LogP contribution in [-0.2, 0) is 11.3 Å². The largest absolute Gasteiger partial charge is 0.495 e. The molecule has 1 N–H and O–H groups in total. The van der Waals surface area contributed by atoms with Crippen LogP contribution in [0.2, 0.25) is 5.02 Å². The Labute approximate surface area is 168 Å². The molecule has 0 saturated carbocycles. The Morgan fingerprint density at radius 3 is 2.79 bits per heavy atom. The van der Waals surface area contributed by atoms with Gasteiger partial charge in [-0.25, -0.2) is 4.98 Å². The Balaban J connectivity index is 1.43. The van der Waals surface area contributed by atoms with Crippen LogP contribution in [0.4, 0.5) is 5.69 Å². The number of fused-ring (bicyclic) bond motifs is 1. The molecular weight excluding hydrogens is 378 g/mol. The molecule has 0 unspecified atom stereocenters. The van der Waals surface area contributed by atoms with E-state index in [1.54, 1.807) is 42.3 Å². The molecule has 1 amide bonds. The van der Waals surface area contributed by atoms with Gasteiger partial charge in [0.1, 0.15) is 5.75 Å². The molecule has 0 aliphatic heterocycles. The number of aryl methyl sites for hydroxylation is 1. The summed E-state index contributed by atoms with van der Waals surface area (Å²) in [5, 5.41) is 3.91. The Kier molecular flexibility index (Phi) is 6.66. The van der Waals surface area contributed by atoms with E-state index in [9.17, 15) is 9.59 Å². The van der Waals surface area contributed by atoms with Crippen molar-refractivity contribution in [2.24, 2.45) is 0 Å².